The Morgan fingerprint density at radius 2 is 1.33 bits per heavy atom. The van der Waals surface area contributed by atoms with Crippen LogP contribution >= 0.6 is 0 Å². The van der Waals surface area contributed by atoms with Gasteiger partial charge in [0.25, 0.3) is 0 Å². The molecule has 0 heterocycles. The van der Waals surface area contributed by atoms with Gasteiger partial charge in [-0.1, -0.05) is 13.3 Å². The molecule has 0 aliphatic carbocycles. The molecule has 0 aliphatic heterocycles. The van der Waals surface area contributed by atoms with Crippen molar-refractivity contribution < 1.29 is 123 Å². The van der Waals surface area contributed by atoms with Crippen LogP contribution in [0.25, 0.3) is 0 Å². The predicted octanol–water partition coefficient (Wildman–Crippen LogP) is -10.8. The Kier molecular flexibility index (Phi) is 24.4. The molecule has 0 saturated carbocycles. The van der Waals surface area contributed by atoms with Crippen molar-refractivity contribution in [2.75, 3.05) is 6.61 Å². The van der Waals surface area contributed by atoms with Crippen molar-refractivity contribution in [2.24, 2.45) is 0 Å². The molecule has 0 radical (unpaired) electrons. The number of ether oxygens (including phenoxy) is 1. The van der Waals surface area contributed by atoms with E-state index >= 15 is 0 Å². The summed E-state index contributed by atoms with van der Waals surface area (Å²) in [5.41, 5.74) is 0. The van der Waals surface area contributed by atoms with E-state index in [1.807, 2.05) is 6.92 Å². The second kappa shape index (κ2) is 18.2. The van der Waals surface area contributed by atoms with Crippen LogP contribution in [0, 0.1) is 0 Å². The van der Waals surface area contributed by atoms with E-state index in [2.05, 4.69) is 4.74 Å². The van der Waals surface area contributed by atoms with E-state index in [1.165, 1.54) is 0 Å². The Balaban J connectivity index is -0.000000667. The van der Waals surface area contributed by atoms with Gasteiger partial charge in [0.15, 0.2) is 11.6 Å². The number of rotatable bonds is 8. The van der Waals surface area contributed by atoms with Gasteiger partial charge in [-0.25, -0.2) is 4.79 Å². The predicted molar refractivity (Wildman–Crippen MR) is 65.8 cm³/mol. The molecular weight excluding hydrogens is 349 g/mol. The van der Waals surface area contributed by atoms with Crippen LogP contribution in [0.2, 0.25) is 0 Å². The molecule has 7 nitrogen and oxygen atoms in total. The number of unbranched alkanes of at least 4 members (excludes halogenated alkanes) is 1. The normalized spacial score (nSPS) is 11.3. The Labute approximate surface area is 207 Å². The molecule has 116 valence electrons. The minimum atomic E-state index is -1.25. The Morgan fingerprint density at radius 3 is 1.79 bits per heavy atom. The van der Waals surface area contributed by atoms with E-state index in [0.717, 1.165) is 13.3 Å². The van der Waals surface area contributed by atoms with E-state index in [1.54, 1.807) is 0 Å². The number of esters is 1. The van der Waals surface area contributed by atoms with Crippen LogP contribution in [0.1, 0.15) is 26.7 Å². The third kappa shape index (κ3) is 15.9. The number of carbonyl (C=O) groups excluding carboxylic acids is 3. The van der Waals surface area contributed by atoms with Gasteiger partial charge in [0.2, 0.25) is 0 Å². The van der Waals surface area contributed by atoms with Crippen LogP contribution in [0.15, 0.2) is 35.5 Å². The summed E-state index contributed by atoms with van der Waals surface area (Å²) < 4.78 is 4.56. The van der Waals surface area contributed by atoms with Crippen molar-refractivity contribution in [3.63, 3.8) is 0 Å². The molecular formula is C14H15Na3O7. The molecule has 24 heavy (non-hydrogen) atoms. The Bertz CT molecular complexity index is 510. The average molecular weight is 364 g/mol. The summed E-state index contributed by atoms with van der Waals surface area (Å²) in [5.74, 6) is -6.63. The van der Waals surface area contributed by atoms with Crippen molar-refractivity contribution in [3.05, 3.63) is 35.5 Å². The quantitative estimate of drug-likeness (QED) is 0.104. The first-order valence-electron chi connectivity index (χ1n) is 6.16. The van der Waals surface area contributed by atoms with Crippen LogP contribution in [0.3, 0.4) is 0 Å². The molecule has 0 aromatic carbocycles. The zero-order valence-corrected chi connectivity index (χ0v) is 20.7. The summed E-state index contributed by atoms with van der Waals surface area (Å²) in [6.45, 7) is 2.98. The Morgan fingerprint density at radius 1 is 0.875 bits per heavy atom. The molecule has 0 rings (SSSR count). The maximum Gasteiger partial charge on any atom is 1.00 e. The van der Waals surface area contributed by atoms with Crippen LogP contribution in [-0.4, -0.2) is 24.1 Å². The van der Waals surface area contributed by atoms with Crippen LogP contribution in [-0.2, 0) is 19.1 Å². The largest absolute Gasteiger partial charge is 1.00 e. The minimum Gasteiger partial charge on any atom is -0.873 e. The molecule has 0 aromatic rings. The van der Waals surface area contributed by atoms with E-state index in [4.69, 9.17) is 0 Å². The van der Waals surface area contributed by atoms with Gasteiger partial charge in [-0.05, 0) is 37.3 Å². The van der Waals surface area contributed by atoms with Crippen molar-refractivity contribution in [3.8, 4) is 0 Å². The molecule has 0 atom stereocenters. The standard InChI is InChI=1S/C14H18O7.3Na/c1-3-4-5-21-14(20)13(19)8-10(16)7-12(18)11(17)6-9(2)15;;;/h6-8,17-19H,3-5H2,1-2H3;;;/q;3*+1/p-3/b11-6-,12-7-,13-8-;;;. The summed E-state index contributed by atoms with van der Waals surface area (Å²) in [6.07, 6.45) is 2.55. The van der Waals surface area contributed by atoms with Gasteiger partial charge in [-0.15, -0.1) is 11.5 Å². The maximum atomic E-state index is 11.3. The Hall–Kier alpha value is 0.430. The first kappa shape index (κ1) is 32.1. The third-order valence-corrected chi connectivity index (χ3v) is 2.06. The molecule has 0 amide bonds. The van der Waals surface area contributed by atoms with E-state index < -0.39 is 34.8 Å². The maximum absolute atomic E-state index is 11.3. The zero-order chi connectivity index (χ0) is 16.4. The molecule has 0 saturated heterocycles. The van der Waals surface area contributed by atoms with Crippen molar-refractivity contribution in [2.45, 2.75) is 26.7 Å². The topological polar surface area (TPSA) is 130 Å². The van der Waals surface area contributed by atoms with Gasteiger partial charge in [0, 0.05) is 0 Å². The van der Waals surface area contributed by atoms with Crippen LogP contribution < -0.4 is 104 Å². The van der Waals surface area contributed by atoms with Gasteiger partial charge < -0.3 is 20.1 Å². The van der Waals surface area contributed by atoms with Gasteiger partial charge in [-0.3, -0.25) is 9.59 Å². The summed E-state index contributed by atoms with van der Waals surface area (Å²) >= 11 is 0. The smallest absolute Gasteiger partial charge is 0.873 e. The first-order valence-corrected chi connectivity index (χ1v) is 6.16. The number of ketones is 2. The van der Waals surface area contributed by atoms with E-state index in [0.29, 0.717) is 24.6 Å². The zero-order valence-electron chi connectivity index (χ0n) is 14.7. The second-order valence-electron chi connectivity index (χ2n) is 4.03. The minimum absolute atomic E-state index is 0. The SMILES string of the molecule is CCCCOC(=O)/C([O-])=C/C(=O)/C=C([O-])/C([O-])=C/C(C)=O.[Na+].[Na+].[Na+]. The first-order chi connectivity index (χ1) is 9.77. The monoisotopic (exact) mass is 364 g/mol. The molecule has 0 spiro atoms. The van der Waals surface area contributed by atoms with E-state index in [9.17, 15) is 29.7 Å². The summed E-state index contributed by atoms with van der Waals surface area (Å²) in [4.78, 5) is 33.0. The number of allylic oxidation sites excluding steroid dienone is 3. The molecule has 0 aliphatic rings. The third-order valence-electron chi connectivity index (χ3n) is 2.06. The van der Waals surface area contributed by atoms with Crippen LogP contribution in [0.4, 0.5) is 0 Å². The van der Waals surface area contributed by atoms with Gasteiger partial charge in [0.1, 0.15) is 0 Å². The number of hydrogen-bond acceptors (Lipinski definition) is 7. The fraction of sp³-hybridized carbons (Fsp3) is 0.357. The summed E-state index contributed by atoms with van der Waals surface area (Å²) in [6, 6.07) is 0. The molecule has 0 fully saturated rings. The molecule has 0 aromatic heterocycles. The molecule has 10 heteroatoms. The van der Waals surface area contributed by atoms with Gasteiger partial charge in [-0.2, -0.15) is 0 Å². The van der Waals surface area contributed by atoms with Crippen molar-refractivity contribution >= 4 is 17.5 Å². The van der Waals surface area contributed by atoms with Gasteiger partial charge >= 0.3 is 94.6 Å². The summed E-state index contributed by atoms with van der Waals surface area (Å²) in [7, 11) is 0. The van der Waals surface area contributed by atoms with E-state index in [-0.39, 0.29) is 95.3 Å². The number of hydrogen-bond donors (Lipinski definition) is 0. The van der Waals surface area contributed by atoms with Crippen molar-refractivity contribution in [1.29, 1.82) is 0 Å². The molecule has 0 bridgehead atoms. The second-order valence-corrected chi connectivity index (χ2v) is 4.03. The molecule has 0 unspecified atom stereocenters. The average Bonchev–Trinajstić information content (AvgIpc) is 2.37. The van der Waals surface area contributed by atoms with Crippen LogP contribution in [0.5, 0.6) is 0 Å². The fourth-order valence-corrected chi connectivity index (χ4v) is 1.07. The molecule has 0 N–H and O–H groups in total. The van der Waals surface area contributed by atoms with Gasteiger partial charge in [0.05, 0.1) is 6.61 Å². The summed E-state index contributed by atoms with van der Waals surface area (Å²) in [5, 5.41) is 33.5. The fourth-order valence-electron chi connectivity index (χ4n) is 1.07. The number of carbonyl (C=O) groups is 3. The van der Waals surface area contributed by atoms with Crippen molar-refractivity contribution in [1.82, 2.24) is 0 Å².